The second-order valence-corrected chi connectivity index (χ2v) is 10.4. The molecule has 5 rings (SSSR count). The van der Waals surface area contributed by atoms with Crippen molar-refractivity contribution in [1.82, 2.24) is 14.1 Å². The molecule has 0 unspecified atom stereocenters. The standard InChI is InChI=1S/C28H28F3N3O2S/c1-18-13-23(19(2)33(18)16-22-9-6-12-36-22)26(35)17-37-27-32-24-14-21(28(29,30)31)10-11-25(24)34(27)15-20-7-4-3-5-8-20/h3-5,7-8,10-11,13-14,22H,6,9,12,15-17H2,1-2H3/t22-/m1/s1. The Balaban J connectivity index is 1.41. The largest absolute Gasteiger partial charge is 0.416 e. The summed E-state index contributed by atoms with van der Waals surface area (Å²) >= 11 is 1.25. The van der Waals surface area contributed by atoms with Crippen molar-refractivity contribution in [2.24, 2.45) is 0 Å². The van der Waals surface area contributed by atoms with Gasteiger partial charge in [0.1, 0.15) is 0 Å². The van der Waals surface area contributed by atoms with Crippen LogP contribution in [0.4, 0.5) is 13.2 Å². The Labute approximate surface area is 217 Å². The number of imidazole rings is 1. The number of hydrogen-bond acceptors (Lipinski definition) is 4. The van der Waals surface area contributed by atoms with E-state index in [9.17, 15) is 18.0 Å². The maximum Gasteiger partial charge on any atom is 0.416 e. The smallest absolute Gasteiger partial charge is 0.376 e. The van der Waals surface area contributed by atoms with E-state index in [1.54, 1.807) is 0 Å². The molecule has 4 aromatic rings. The van der Waals surface area contributed by atoms with Crippen LogP contribution < -0.4 is 0 Å². The molecule has 37 heavy (non-hydrogen) atoms. The zero-order chi connectivity index (χ0) is 26.2. The van der Waals surface area contributed by atoms with E-state index < -0.39 is 11.7 Å². The molecule has 0 spiro atoms. The molecule has 0 saturated carbocycles. The number of fused-ring (bicyclic) bond motifs is 1. The SMILES string of the molecule is Cc1cc(C(=O)CSc2nc3cc(C(F)(F)F)ccc3n2Cc2ccccc2)c(C)n1C[C@H]1CCCO1. The Morgan fingerprint density at radius 3 is 2.59 bits per heavy atom. The summed E-state index contributed by atoms with van der Waals surface area (Å²) in [6.45, 7) is 5.88. The third-order valence-corrected chi connectivity index (χ3v) is 7.82. The summed E-state index contributed by atoms with van der Waals surface area (Å²) in [6.07, 6.45) is -2.21. The molecule has 194 valence electrons. The van der Waals surface area contributed by atoms with E-state index in [0.29, 0.717) is 22.8 Å². The summed E-state index contributed by atoms with van der Waals surface area (Å²) in [5, 5.41) is 0.514. The number of aryl methyl sites for hydroxylation is 1. The number of benzene rings is 2. The fourth-order valence-corrected chi connectivity index (χ4v) is 5.77. The van der Waals surface area contributed by atoms with E-state index in [0.717, 1.165) is 55.1 Å². The molecule has 0 N–H and O–H groups in total. The number of Topliss-reactive ketones (excluding diaryl/α,β-unsaturated/α-hetero) is 1. The molecule has 0 radical (unpaired) electrons. The summed E-state index contributed by atoms with van der Waals surface area (Å²) in [4.78, 5) is 17.8. The quantitative estimate of drug-likeness (QED) is 0.190. The predicted molar refractivity (Wildman–Crippen MR) is 138 cm³/mol. The van der Waals surface area contributed by atoms with Crippen LogP contribution in [0.5, 0.6) is 0 Å². The van der Waals surface area contributed by atoms with Crippen LogP contribution in [0.25, 0.3) is 11.0 Å². The number of hydrogen-bond donors (Lipinski definition) is 0. The lowest BCUT2D eigenvalue weighted by Crippen LogP contribution is -2.17. The summed E-state index contributed by atoms with van der Waals surface area (Å²) in [5.74, 6) is 0.0973. The highest BCUT2D eigenvalue weighted by Gasteiger charge is 2.31. The Morgan fingerprint density at radius 1 is 1.11 bits per heavy atom. The third kappa shape index (κ3) is 5.48. The number of carbonyl (C=O) groups is 1. The van der Waals surface area contributed by atoms with Crippen LogP contribution in [0.1, 0.15) is 45.7 Å². The van der Waals surface area contributed by atoms with Crippen molar-refractivity contribution >= 4 is 28.6 Å². The molecule has 1 atom stereocenters. The Kier molecular flexibility index (Phi) is 7.18. The summed E-state index contributed by atoms with van der Waals surface area (Å²) < 4.78 is 49.7. The molecule has 9 heteroatoms. The first-order chi connectivity index (χ1) is 17.7. The van der Waals surface area contributed by atoms with Crippen molar-refractivity contribution in [3.63, 3.8) is 0 Å². The zero-order valence-electron chi connectivity index (χ0n) is 20.7. The van der Waals surface area contributed by atoms with Gasteiger partial charge in [0, 0.05) is 30.1 Å². The lowest BCUT2D eigenvalue weighted by Gasteiger charge is -2.14. The minimum atomic E-state index is -4.45. The topological polar surface area (TPSA) is 49.0 Å². The van der Waals surface area contributed by atoms with Crippen LogP contribution >= 0.6 is 11.8 Å². The summed E-state index contributed by atoms with van der Waals surface area (Å²) in [6, 6.07) is 15.2. The minimum Gasteiger partial charge on any atom is -0.376 e. The van der Waals surface area contributed by atoms with Crippen molar-refractivity contribution in [2.45, 2.75) is 57.2 Å². The van der Waals surface area contributed by atoms with Gasteiger partial charge in [0.2, 0.25) is 0 Å². The van der Waals surface area contributed by atoms with Gasteiger partial charge in [0.25, 0.3) is 0 Å². The molecular weight excluding hydrogens is 499 g/mol. The molecule has 1 aliphatic heterocycles. The van der Waals surface area contributed by atoms with Crippen molar-refractivity contribution in [3.05, 3.63) is 82.7 Å². The maximum atomic E-state index is 13.3. The van der Waals surface area contributed by atoms with Crippen LogP contribution in [0, 0.1) is 13.8 Å². The molecule has 1 saturated heterocycles. The van der Waals surface area contributed by atoms with Gasteiger partial charge in [-0.25, -0.2) is 4.98 Å². The molecule has 2 aromatic heterocycles. The Bertz CT molecular complexity index is 1420. The second-order valence-electron chi connectivity index (χ2n) is 9.41. The highest BCUT2D eigenvalue weighted by atomic mass is 32.2. The average Bonchev–Trinajstić information content (AvgIpc) is 3.58. The highest BCUT2D eigenvalue weighted by molar-refractivity contribution is 7.99. The number of carbonyl (C=O) groups excluding carboxylic acids is 1. The molecule has 0 bridgehead atoms. The monoisotopic (exact) mass is 527 g/mol. The number of thioether (sulfide) groups is 1. The van der Waals surface area contributed by atoms with Gasteiger partial charge in [-0.15, -0.1) is 0 Å². The number of nitrogens with zero attached hydrogens (tertiary/aromatic N) is 3. The third-order valence-electron chi connectivity index (χ3n) is 6.84. The van der Waals surface area contributed by atoms with Crippen molar-refractivity contribution < 1.29 is 22.7 Å². The van der Waals surface area contributed by atoms with E-state index in [1.807, 2.05) is 54.8 Å². The van der Waals surface area contributed by atoms with E-state index in [1.165, 1.54) is 17.8 Å². The first-order valence-electron chi connectivity index (χ1n) is 12.3. The molecule has 1 fully saturated rings. The number of ketones is 1. The van der Waals surface area contributed by atoms with Gasteiger partial charge in [0.15, 0.2) is 10.9 Å². The van der Waals surface area contributed by atoms with E-state index in [2.05, 4.69) is 9.55 Å². The molecular formula is C28H28F3N3O2S. The highest BCUT2D eigenvalue weighted by Crippen LogP contribution is 2.33. The number of aromatic nitrogens is 3. The maximum absolute atomic E-state index is 13.3. The molecule has 5 nitrogen and oxygen atoms in total. The fourth-order valence-electron chi connectivity index (χ4n) is 4.88. The average molecular weight is 528 g/mol. The predicted octanol–water partition coefficient (Wildman–Crippen LogP) is 6.68. The van der Waals surface area contributed by atoms with Gasteiger partial charge in [-0.05, 0) is 56.5 Å². The van der Waals surface area contributed by atoms with Crippen molar-refractivity contribution in [3.8, 4) is 0 Å². The number of alkyl halides is 3. The lowest BCUT2D eigenvalue weighted by atomic mass is 10.2. The zero-order valence-corrected chi connectivity index (χ0v) is 21.5. The minimum absolute atomic E-state index is 0.0361. The summed E-state index contributed by atoms with van der Waals surface area (Å²) in [5.41, 5.74) is 3.69. The fraction of sp³-hybridized carbons (Fsp3) is 0.357. The first kappa shape index (κ1) is 25.6. The molecule has 0 aliphatic carbocycles. The van der Waals surface area contributed by atoms with Crippen molar-refractivity contribution in [1.29, 1.82) is 0 Å². The van der Waals surface area contributed by atoms with Crippen LogP contribution in [-0.2, 0) is 24.0 Å². The van der Waals surface area contributed by atoms with Crippen LogP contribution in [-0.4, -0.2) is 38.4 Å². The van der Waals surface area contributed by atoms with E-state index in [4.69, 9.17) is 4.74 Å². The van der Waals surface area contributed by atoms with Crippen LogP contribution in [0.15, 0.2) is 59.8 Å². The van der Waals surface area contributed by atoms with Crippen LogP contribution in [0.2, 0.25) is 0 Å². The number of ether oxygens (including phenoxy) is 1. The van der Waals surface area contributed by atoms with Gasteiger partial charge in [-0.1, -0.05) is 42.1 Å². The normalized spacial score (nSPS) is 16.1. The van der Waals surface area contributed by atoms with E-state index >= 15 is 0 Å². The Morgan fingerprint density at radius 2 is 1.89 bits per heavy atom. The van der Waals surface area contributed by atoms with E-state index in [-0.39, 0.29) is 23.2 Å². The number of rotatable bonds is 8. The van der Waals surface area contributed by atoms with Crippen LogP contribution in [0.3, 0.4) is 0 Å². The molecule has 2 aromatic carbocycles. The molecule has 1 aliphatic rings. The first-order valence-corrected chi connectivity index (χ1v) is 13.2. The van der Waals surface area contributed by atoms with Gasteiger partial charge >= 0.3 is 6.18 Å². The van der Waals surface area contributed by atoms with Gasteiger partial charge < -0.3 is 13.9 Å². The lowest BCUT2D eigenvalue weighted by molar-refractivity contribution is -0.137. The van der Waals surface area contributed by atoms with Gasteiger partial charge in [-0.2, -0.15) is 13.2 Å². The Hall–Kier alpha value is -3.04. The van der Waals surface area contributed by atoms with Crippen molar-refractivity contribution in [2.75, 3.05) is 12.4 Å². The number of halogens is 3. The second kappa shape index (κ2) is 10.4. The summed E-state index contributed by atoms with van der Waals surface area (Å²) in [7, 11) is 0. The molecule has 3 heterocycles. The van der Waals surface area contributed by atoms with Gasteiger partial charge in [-0.3, -0.25) is 4.79 Å². The van der Waals surface area contributed by atoms with Gasteiger partial charge in [0.05, 0.1) is 35.0 Å². The molecule has 0 amide bonds.